The van der Waals surface area contributed by atoms with E-state index >= 15 is 0 Å². The Bertz CT molecular complexity index is 713. The Hall–Kier alpha value is -2.69. The van der Waals surface area contributed by atoms with Crippen molar-refractivity contribution < 1.29 is 14.3 Å². The molecule has 1 amide bonds. The van der Waals surface area contributed by atoms with Crippen LogP contribution in [0.4, 0.5) is 11.4 Å². The van der Waals surface area contributed by atoms with E-state index in [1.807, 2.05) is 31.2 Å². The molecule has 0 fully saturated rings. The summed E-state index contributed by atoms with van der Waals surface area (Å²) in [6.45, 7) is 2.58. The number of amides is 1. The summed E-state index contributed by atoms with van der Waals surface area (Å²) in [7, 11) is 1.76. The van der Waals surface area contributed by atoms with Crippen LogP contribution in [-0.2, 0) is 11.2 Å². The maximum absolute atomic E-state index is 12.5. The van der Waals surface area contributed by atoms with Crippen molar-refractivity contribution in [1.82, 2.24) is 0 Å². The minimum absolute atomic E-state index is 0.0591. The minimum Gasteiger partial charge on any atom is -0.494 e. The molecule has 0 aliphatic carbocycles. The molecule has 2 aromatic carbocycles. The molecule has 0 spiro atoms. The predicted octanol–water partition coefficient (Wildman–Crippen LogP) is 2.63. The van der Waals surface area contributed by atoms with Gasteiger partial charge in [0.1, 0.15) is 11.5 Å². The lowest BCUT2D eigenvalue weighted by atomic mass is 10.0. The van der Waals surface area contributed by atoms with Crippen molar-refractivity contribution in [2.24, 2.45) is 0 Å². The van der Waals surface area contributed by atoms with Crippen molar-refractivity contribution in [3.05, 3.63) is 48.0 Å². The van der Waals surface area contributed by atoms with E-state index in [2.05, 4.69) is 0 Å². The van der Waals surface area contributed by atoms with Crippen LogP contribution in [0.2, 0.25) is 0 Å². The Morgan fingerprint density at radius 1 is 1.22 bits per heavy atom. The quantitative estimate of drug-likeness (QED) is 0.882. The van der Waals surface area contributed by atoms with Crippen LogP contribution in [0.3, 0.4) is 0 Å². The average molecular weight is 312 g/mol. The molecule has 1 unspecified atom stereocenters. The number of nitrogens with two attached hydrogens (primary N) is 1. The number of hydrogen-bond acceptors (Lipinski definition) is 4. The number of anilines is 2. The summed E-state index contributed by atoms with van der Waals surface area (Å²) in [6, 6.07) is 13.0. The standard InChI is InChI=1S/C18H20N2O3/c1-3-22-14-7-4-12(5-8-14)10-17-18(21)20(2)15-9-6-13(19)11-16(15)23-17/h4-9,11,17H,3,10,19H2,1-2H3. The first kappa shape index (κ1) is 15.2. The number of fused-ring (bicyclic) bond motifs is 1. The molecule has 0 saturated heterocycles. The summed E-state index contributed by atoms with van der Waals surface area (Å²) < 4.78 is 11.3. The van der Waals surface area contributed by atoms with E-state index < -0.39 is 6.10 Å². The van der Waals surface area contributed by atoms with Gasteiger partial charge in [-0.25, -0.2) is 0 Å². The van der Waals surface area contributed by atoms with Crippen molar-refractivity contribution in [2.75, 3.05) is 24.3 Å². The third-order valence-electron chi connectivity index (χ3n) is 3.88. The van der Waals surface area contributed by atoms with Gasteiger partial charge in [-0.2, -0.15) is 0 Å². The number of rotatable bonds is 4. The lowest BCUT2D eigenvalue weighted by Gasteiger charge is -2.32. The summed E-state index contributed by atoms with van der Waals surface area (Å²) >= 11 is 0. The highest BCUT2D eigenvalue weighted by molar-refractivity contribution is 6.00. The molecule has 1 aliphatic heterocycles. The van der Waals surface area contributed by atoms with Gasteiger partial charge in [-0.3, -0.25) is 4.79 Å². The molecule has 2 aromatic rings. The lowest BCUT2D eigenvalue weighted by Crippen LogP contribution is -2.44. The van der Waals surface area contributed by atoms with Crippen LogP contribution in [-0.4, -0.2) is 25.7 Å². The summed E-state index contributed by atoms with van der Waals surface area (Å²) in [6.07, 6.45) is -0.0451. The van der Waals surface area contributed by atoms with Crippen LogP contribution in [0.15, 0.2) is 42.5 Å². The number of nitrogens with zero attached hydrogens (tertiary/aromatic N) is 1. The zero-order chi connectivity index (χ0) is 16.4. The van der Waals surface area contributed by atoms with E-state index in [1.54, 1.807) is 30.1 Å². The smallest absolute Gasteiger partial charge is 0.268 e. The molecule has 2 N–H and O–H groups in total. The first-order valence-electron chi connectivity index (χ1n) is 7.64. The average Bonchev–Trinajstić information content (AvgIpc) is 2.54. The van der Waals surface area contributed by atoms with Crippen LogP contribution in [0.1, 0.15) is 12.5 Å². The molecular weight excluding hydrogens is 292 g/mol. The van der Waals surface area contributed by atoms with E-state index in [-0.39, 0.29) is 5.91 Å². The number of nitrogen functional groups attached to an aromatic ring is 1. The number of hydrogen-bond donors (Lipinski definition) is 1. The normalized spacial score (nSPS) is 16.7. The molecule has 1 heterocycles. The second-order valence-electron chi connectivity index (χ2n) is 5.51. The Kier molecular flexibility index (Phi) is 4.10. The van der Waals surface area contributed by atoms with E-state index in [0.29, 0.717) is 24.5 Å². The highest BCUT2D eigenvalue weighted by atomic mass is 16.5. The van der Waals surface area contributed by atoms with E-state index in [1.165, 1.54) is 0 Å². The summed E-state index contributed by atoms with van der Waals surface area (Å²) in [4.78, 5) is 14.1. The topological polar surface area (TPSA) is 64.8 Å². The van der Waals surface area contributed by atoms with Crippen LogP contribution in [0, 0.1) is 0 Å². The molecule has 1 aliphatic rings. The third-order valence-corrected chi connectivity index (χ3v) is 3.88. The molecular formula is C18H20N2O3. The van der Waals surface area contributed by atoms with Gasteiger partial charge in [0.25, 0.3) is 5.91 Å². The number of likely N-dealkylation sites (N-methyl/N-ethyl adjacent to an activating group) is 1. The molecule has 120 valence electrons. The van der Waals surface area contributed by atoms with Crippen LogP contribution in [0.25, 0.3) is 0 Å². The fourth-order valence-corrected chi connectivity index (χ4v) is 2.67. The van der Waals surface area contributed by atoms with Crippen molar-refractivity contribution in [3.63, 3.8) is 0 Å². The highest BCUT2D eigenvalue weighted by Crippen LogP contribution is 2.35. The fourth-order valence-electron chi connectivity index (χ4n) is 2.67. The Morgan fingerprint density at radius 3 is 2.65 bits per heavy atom. The first-order valence-corrected chi connectivity index (χ1v) is 7.64. The molecule has 0 saturated carbocycles. The van der Waals surface area contributed by atoms with Gasteiger partial charge < -0.3 is 20.1 Å². The number of carbonyl (C=O) groups is 1. The van der Waals surface area contributed by atoms with E-state index in [9.17, 15) is 4.79 Å². The molecule has 5 nitrogen and oxygen atoms in total. The van der Waals surface area contributed by atoms with Gasteiger partial charge in [0, 0.05) is 25.2 Å². The maximum atomic E-state index is 12.5. The second kappa shape index (κ2) is 6.20. The fraction of sp³-hybridized carbons (Fsp3) is 0.278. The molecule has 0 aromatic heterocycles. The van der Waals surface area contributed by atoms with Crippen LogP contribution >= 0.6 is 0 Å². The monoisotopic (exact) mass is 312 g/mol. The summed E-state index contributed by atoms with van der Waals surface area (Å²) in [5, 5.41) is 0. The Labute approximate surface area is 135 Å². The third kappa shape index (κ3) is 3.08. The Balaban J connectivity index is 1.79. The van der Waals surface area contributed by atoms with Crippen molar-refractivity contribution in [3.8, 4) is 11.5 Å². The largest absolute Gasteiger partial charge is 0.494 e. The van der Waals surface area contributed by atoms with Gasteiger partial charge >= 0.3 is 0 Å². The molecule has 0 radical (unpaired) electrons. The van der Waals surface area contributed by atoms with Gasteiger partial charge in [-0.1, -0.05) is 12.1 Å². The van der Waals surface area contributed by atoms with Crippen molar-refractivity contribution >= 4 is 17.3 Å². The maximum Gasteiger partial charge on any atom is 0.268 e. The molecule has 0 bridgehead atoms. The van der Waals surface area contributed by atoms with Crippen molar-refractivity contribution in [1.29, 1.82) is 0 Å². The van der Waals surface area contributed by atoms with E-state index in [0.717, 1.165) is 17.0 Å². The van der Waals surface area contributed by atoms with Crippen molar-refractivity contribution in [2.45, 2.75) is 19.4 Å². The number of ether oxygens (including phenoxy) is 2. The molecule has 1 atom stereocenters. The number of carbonyl (C=O) groups excluding carboxylic acids is 1. The van der Waals surface area contributed by atoms with Crippen LogP contribution < -0.4 is 20.1 Å². The van der Waals surface area contributed by atoms with Gasteiger partial charge in [0.2, 0.25) is 0 Å². The van der Waals surface area contributed by atoms with E-state index in [4.69, 9.17) is 15.2 Å². The Morgan fingerprint density at radius 2 is 1.96 bits per heavy atom. The van der Waals surface area contributed by atoms with Gasteiger partial charge in [-0.05, 0) is 36.8 Å². The zero-order valence-corrected chi connectivity index (χ0v) is 13.3. The van der Waals surface area contributed by atoms with Crippen LogP contribution in [0.5, 0.6) is 11.5 Å². The SMILES string of the molecule is CCOc1ccc(CC2Oc3cc(N)ccc3N(C)C2=O)cc1. The van der Waals surface area contributed by atoms with Gasteiger partial charge in [-0.15, -0.1) is 0 Å². The molecule has 5 heteroatoms. The highest BCUT2D eigenvalue weighted by Gasteiger charge is 2.32. The summed E-state index contributed by atoms with van der Waals surface area (Å²) in [5.41, 5.74) is 8.19. The van der Waals surface area contributed by atoms with Gasteiger partial charge in [0.15, 0.2) is 6.10 Å². The van der Waals surface area contributed by atoms with Gasteiger partial charge in [0.05, 0.1) is 12.3 Å². The number of benzene rings is 2. The first-order chi connectivity index (χ1) is 11.1. The molecule has 23 heavy (non-hydrogen) atoms. The lowest BCUT2D eigenvalue weighted by molar-refractivity contribution is -0.125. The zero-order valence-electron chi connectivity index (χ0n) is 13.3. The summed E-state index contributed by atoms with van der Waals surface area (Å²) in [5.74, 6) is 1.40. The molecule has 3 rings (SSSR count). The predicted molar refractivity (Wildman–Crippen MR) is 90.0 cm³/mol. The second-order valence-corrected chi connectivity index (χ2v) is 5.51. The minimum atomic E-state index is -0.549.